The number of anilines is 1. The zero-order valence-electron chi connectivity index (χ0n) is 11.1. The Morgan fingerprint density at radius 3 is 2.89 bits per heavy atom. The highest BCUT2D eigenvalue weighted by Crippen LogP contribution is 2.30. The van der Waals surface area contributed by atoms with Gasteiger partial charge in [-0.05, 0) is 24.8 Å². The minimum absolute atomic E-state index is 0.551. The van der Waals surface area contributed by atoms with E-state index in [4.69, 9.17) is 4.74 Å². The maximum atomic E-state index is 5.81. The second-order valence-electron chi connectivity index (χ2n) is 3.90. The van der Waals surface area contributed by atoms with Crippen LogP contribution >= 0.6 is 11.8 Å². The molecule has 0 unspecified atom stereocenters. The van der Waals surface area contributed by atoms with Gasteiger partial charge in [0.25, 0.3) is 0 Å². The standard InChI is InChI=1S/C14H17N3OS/c1-3-9-15-14-16-10-8-13(17-14)18-11-6-4-5-7-12(11)19-2/h4-8,10H,3,9H2,1-2H3,(H,15,16,17). The van der Waals surface area contributed by atoms with Gasteiger partial charge in [-0.2, -0.15) is 4.98 Å². The number of thioether (sulfide) groups is 1. The molecule has 0 amide bonds. The van der Waals surface area contributed by atoms with E-state index in [0.717, 1.165) is 23.6 Å². The molecule has 0 fully saturated rings. The van der Waals surface area contributed by atoms with Gasteiger partial charge >= 0.3 is 0 Å². The molecule has 0 saturated carbocycles. The Bertz CT molecular complexity index is 534. The van der Waals surface area contributed by atoms with Crippen LogP contribution in [0.5, 0.6) is 11.6 Å². The fourth-order valence-corrected chi connectivity index (χ4v) is 2.06. The van der Waals surface area contributed by atoms with Crippen molar-refractivity contribution in [2.45, 2.75) is 18.2 Å². The van der Waals surface area contributed by atoms with Crippen LogP contribution in [-0.2, 0) is 0 Å². The van der Waals surface area contributed by atoms with E-state index in [2.05, 4.69) is 22.2 Å². The average molecular weight is 275 g/mol. The molecule has 1 N–H and O–H groups in total. The third-order valence-electron chi connectivity index (χ3n) is 2.45. The first-order chi connectivity index (χ1) is 9.33. The molecule has 0 aliphatic carbocycles. The highest BCUT2D eigenvalue weighted by Gasteiger charge is 2.05. The average Bonchev–Trinajstić information content (AvgIpc) is 2.46. The number of hydrogen-bond donors (Lipinski definition) is 1. The first-order valence-corrected chi connectivity index (χ1v) is 7.43. The maximum Gasteiger partial charge on any atom is 0.225 e. The van der Waals surface area contributed by atoms with E-state index in [1.807, 2.05) is 30.5 Å². The zero-order chi connectivity index (χ0) is 13.5. The van der Waals surface area contributed by atoms with Crippen LogP contribution in [0.1, 0.15) is 13.3 Å². The Balaban J connectivity index is 2.14. The van der Waals surface area contributed by atoms with Crippen molar-refractivity contribution in [2.75, 3.05) is 18.1 Å². The van der Waals surface area contributed by atoms with Gasteiger partial charge < -0.3 is 10.1 Å². The SMILES string of the molecule is CCCNc1nccc(Oc2ccccc2SC)n1. The Hall–Kier alpha value is -1.75. The van der Waals surface area contributed by atoms with Gasteiger partial charge in [0.2, 0.25) is 11.8 Å². The monoisotopic (exact) mass is 275 g/mol. The Morgan fingerprint density at radius 2 is 2.11 bits per heavy atom. The lowest BCUT2D eigenvalue weighted by Gasteiger charge is -2.09. The van der Waals surface area contributed by atoms with Gasteiger partial charge in [0.1, 0.15) is 5.75 Å². The number of nitrogens with one attached hydrogen (secondary N) is 1. The Kier molecular flexibility index (Phi) is 5.03. The number of hydrogen-bond acceptors (Lipinski definition) is 5. The third-order valence-corrected chi connectivity index (χ3v) is 3.22. The van der Waals surface area contributed by atoms with Crippen molar-refractivity contribution < 1.29 is 4.74 Å². The van der Waals surface area contributed by atoms with Crippen LogP contribution in [0.25, 0.3) is 0 Å². The van der Waals surface area contributed by atoms with Crippen molar-refractivity contribution in [3.05, 3.63) is 36.5 Å². The molecule has 19 heavy (non-hydrogen) atoms. The number of benzene rings is 1. The number of ether oxygens (including phenoxy) is 1. The van der Waals surface area contributed by atoms with Gasteiger partial charge in [-0.1, -0.05) is 19.1 Å². The molecule has 0 saturated heterocycles. The molecular weight excluding hydrogens is 258 g/mol. The first kappa shape index (κ1) is 13.7. The maximum absolute atomic E-state index is 5.81. The van der Waals surface area contributed by atoms with Gasteiger partial charge in [-0.3, -0.25) is 0 Å². The van der Waals surface area contributed by atoms with E-state index >= 15 is 0 Å². The molecule has 4 nitrogen and oxygen atoms in total. The van der Waals surface area contributed by atoms with Gasteiger partial charge in [0.05, 0.1) is 0 Å². The molecule has 0 aliphatic rings. The smallest absolute Gasteiger partial charge is 0.225 e. The van der Waals surface area contributed by atoms with Gasteiger partial charge in [0.15, 0.2) is 0 Å². The molecule has 1 aromatic carbocycles. The molecule has 0 atom stereocenters. The summed E-state index contributed by atoms with van der Waals surface area (Å²) in [7, 11) is 0. The molecule has 0 aliphatic heterocycles. The number of para-hydroxylation sites is 1. The molecular formula is C14H17N3OS. The minimum Gasteiger partial charge on any atom is -0.438 e. The minimum atomic E-state index is 0.551. The second kappa shape index (κ2) is 6.99. The van der Waals surface area contributed by atoms with Crippen LogP contribution in [0.3, 0.4) is 0 Å². The van der Waals surface area contributed by atoms with Crippen LogP contribution < -0.4 is 10.1 Å². The van der Waals surface area contributed by atoms with Crippen molar-refractivity contribution in [3.8, 4) is 11.6 Å². The number of rotatable bonds is 6. The summed E-state index contributed by atoms with van der Waals surface area (Å²) in [5.74, 6) is 1.96. The predicted octanol–water partition coefficient (Wildman–Crippen LogP) is 3.81. The quantitative estimate of drug-likeness (QED) is 0.812. The summed E-state index contributed by atoms with van der Waals surface area (Å²) in [5.41, 5.74) is 0. The lowest BCUT2D eigenvalue weighted by atomic mass is 10.3. The van der Waals surface area contributed by atoms with E-state index in [-0.39, 0.29) is 0 Å². The van der Waals surface area contributed by atoms with Crippen LogP contribution in [0.4, 0.5) is 5.95 Å². The van der Waals surface area contributed by atoms with Crippen molar-refractivity contribution in [1.29, 1.82) is 0 Å². The normalized spacial score (nSPS) is 10.2. The summed E-state index contributed by atoms with van der Waals surface area (Å²) in [6, 6.07) is 9.66. The summed E-state index contributed by atoms with van der Waals surface area (Å²) < 4.78 is 5.81. The van der Waals surface area contributed by atoms with Crippen molar-refractivity contribution >= 4 is 17.7 Å². The summed E-state index contributed by atoms with van der Waals surface area (Å²) in [5, 5.41) is 3.14. The topological polar surface area (TPSA) is 47.0 Å². The first-order valence-electron chi connectivity index (χ1n) is 6.21. The summed E-state index contributed by atoms with van der Waals surface area (Å²) >= 11 is 1.65. The third kappa shape index (κ3) is 3.86. The zero-order valence-corrected chi connectivity index (χ0v) is 11.9. The molecule has 1 heterocycles. The largest absolute Gasteiger partial charge is 0.438 e. The summed E-state index contributed by atoms with van der Waals surface area (Å²) in [6.45, 7) is 2.95. The van der Waals surface area contributed by atoms with Crippen LogP contribution in [-0.4, -0.2) is 22.8 Å². The lowest BCUT2D eigenvalue weighted by Crippen LogP contribution is -2.04. The van der Waals surface area contributed by atoms with Gasteiger partial charge in [-0.25, -0.2) is 4.98 Å². The fraction of sp³-hybridized carbons (Fsp3) is 0.286. The van der Waals surface area contributed by atoms with Crippen molar-refractivity contribution in [1.82, 2.24) is 9.97 Å². The molecule has 100 valence electrons. The molecule has 1 aromatic heterocycles. The van der Waals surface area contributed by atoms with Crippen molar-refractivity contribution in [2.24, 2.45) is 0 Å². The molecule has 0 bridgehead atoms. The highest BCUT2D eigenvalue weighted by atomic mass is 32.2. The number of nitrogens with zero attached hydrogens (tertiary/aromatic N) is 2. The van der Waals surface area contributed by atoms with Crippen molar-refractivity contribution in [3.63, 3.8) is 0 Å². The highest BCUT2D eigenvalue weighted by molar-refractivity contribution is 7.98. The van der Waals surface area contributed by atoms with Gasteiger partial charge in [0, 0.05) is 23.7 Å². The van der Waals surface area contributed by atoms with E-state index in [0.29, 0.717) is 11.8 Å². The van der Waals surface area contributed by atoms with E-state index < -0.39 is 0 Å². The van der Waals surface area contributed by atoms with Crippen LogP contribution in [0, 0.1) is 0 Å². The molecule has 0 radical (unpaired) electrons. The number of aromatic nitrogens is 2. The Labute approximate surface area is 117 Å². The molecule has 0 spiro atoms. The predicted molar refractivity (Wildman–Crippen MR) is 79.1 cm³/mol. The molecule has 2 aromatic rings. The lowest BCUT2D eigenvalue weighted by molar-refractivity contribution is 0.451. The summed E-state index contributed by atoms with van der Waals surface area (Å²) in [6.07, 6.45) is 4.75. The molecule has 2 rings (SSSR count). The summed E-state index contributed by atoms with van der Waals surface area (Å²) in [4.78, 5) is 9.57. The Morgan fingerprint density at radius 1 is 1.26 bits per heavy atom. The van der Waals surface area contributed by atoms with E-state index in [1.54, 1.807) is 24.0 Å². The van der Waals surface area contributed by atoms with E-state index in [9.17, 15) is 0 Å². The molecule has 5 heteroatoms. The second-order valence-corrected chi connectivity index (χ2v) is 4.75. The van der Waals surface area contributed by atoms with Crippen LogP contribution in [0.15, 0.2) is 41.4 Å². The van der Waals surface area contributed by atoms with Crippen LogP contribution in [0.2, 0.25) is 0 Å². The fourth-order valence-electron chi connectivity index (χ4n) is 1.54. The van der Waals surface area contributed by atoms with Gasteiger partial charge in [-0.15, -0.1) is 11.8 Å². The van der Waals surface area contributed by atoms with E-state index in [1.165, 1.54) is 0 Å².